The third-order valence-corrected chi connectivity index (χ3v) is 6.74. The minimum atomic E-state index is -1.87. The lowest BCUT2D eigenvalue weighted by Gasteiger charge is -2.29. The lowest BCUT2D eigenvalue weighted by molar-refractivity contribution is 0.0998. The van der Waals surface area contributed by atoms with E-state index in [2.05, 4.69) is 75.8 Å². The molecule has 0 aliphatic rings. The first-order valence-electron chi connectivity index (χ1n) is 11.4. The van der Waals surface area contributed by atoms with Gasteiger partial charge in [0.05, 0.1) is 11.7 Å². The van der Waals surface area contributed by atoms with Crippen LogP contribution in [0.5, 0.6) is 5.75 Å². The highest BCUT2D eigenvalue weighted by Crippen LogP contribution is 2.29. The number of aryl methyl sites for hydroxylation is 1. The number of primary amides is 1. The Morgan fingerprint density at radius 2 is 1.66 bits per heavy atom. The molecule has 0 aliphatic heterocycles. The van der Waals surface area contributed by atoms with Crippen LogP contribution < -0.4 is 15.5 Å². The monoisotopic (exact) mass is 472 g/mol. The van der Waals surface area contributed by atoms with E-state index >= 15 is 0 Å². The van der Waals surface area contributed by atoms with Gasteiger partial charge in [0, 0.05) is 12.6 Å². The average molecular weight is 473 g/mol. The van der Waals surface area contributed by atoms with Gasteiger partial charge in [0.2, 0.25) is 8.32 Å². The molecule has 1 amide bonds. The molecule has 2 atom stereocenters. The summed E-state index contributed by atoms with van der Waals surface area (Å²) in [6.07, 6.45) is 1.92. The second-order valence-corrected chi connectivity index (χ2v) is 19.3. The van der Waals surface area contributed by atoms with Crippen molar-refractivity contribution in [1.82, 2.24) is 5.32 Å². The van der Waals surface area contributed by atoms with Gasteiger partial charge >= 0.3 is 0 Å². The quantitative estimate of drug-likeness (QED) is 0.400. The molecule has 5 nitrogen and oxygen atoms in total. The Morgan fingerprint density at radius 1 is 1.00 bits per heavy atom. The van der Waals surface area contributed by atoms with Gasteiger partial charge in [0.25, 0.3) is 5.91 Å². The van der Waals surface area contributed by atoms with Crippen molar-refractivity contribution in [3.63, 3.8) is 0 Å². The van der Waals surface area contributed by atoms with Gasteiger partial charge in [-0.3, -0.25) is 4.79 Å². The first-order chi connectivity index (χ1) is 14.8. The van der Waals surface area contributed by atoms with Crippen molar-refractivity contribution in [2.45, 2.75) is 71.2 Å². The summed E-state index contributed by atoms with van der Waals surface area (Å²) >= 11 is 0. The lowest BCUT2D eigenvalue weighted by atomic mass is 10.0. The van der Waals surface area contributed by atoms with E-state index in [0.717, 1.165) is 18.4 Å². The number of nitrogens with two attached hydrogens (primary N) is 1. The normalized spacial score (nSPS) is 14.1. The van der Waals surface area contributed by atoms with Gasteiger partial charge in [-0.1, -0.05) is 36.4 Å². The fourth-order valence-corrected chi connectivity index (χ4v) is 5.36. The molecule has 176 valence electrons. The van der Waals surface area contributed by atoms with Crippen LogP contribution in [0.1, 0.15) is 40.9 Å². The van der Waals surface area contributed by atoms with Gasteiger partial charge in [-0.2, -0.15) is 0 Å². The predicted octanol–water partition coefficient (Wildman–Crippen LogP) is 5.50. The summed E-state index contributed by atoms with van der Waals surface area (Å²) in [6, 6.07) is 16.6. The van der Waals surface area contributed by atoms with Gasteiger partial charge in [0.15, 0.2) is 8.32 Å². The zero-order valence-corrected chi connectivity index (χ0v) is 22.7. The van der Waals surface area contributed by atoms with Crippen LogP contribution in [0.25, 0.3) is 0 Å². The average Bonchev–Trinajstić information content (AvgIpc) is 2.68. The molecule has 2 aromatic rings. The van der Waals surface area contributed by atoms with Gasteiger partial charge < -0.3 is 19.9 Å². The van der Waals surface area contributed by atoms with E-state index < -0.39 is 22.5 Å². The SMILES string of the molecule is CC(CCc1ccccc1)NCC(O[Si](C)(C)C)c1ccc(O[Si](C)(C)C)c(C(N)=O)c1. The fourth-order valence-electron chi connectivity index (χ4n) is 3.45. The maximum atomic E-state index is 12.2. The number of amides is 1. The van der Waals surface area contributed by atoms with Crippen molar-refractivity contribution in [2.75, 3.05) is 6.54 Å². The number of hydrogen-bond acceptors (Lipinski definition) is 4. The molecule has 0 aliphatic carbocycles. The van der Waals surface area contributed by atoms with Crippen LogP contribution in [0, 0.1) is 0 Å². The Hall–Kier alpha value is -1.94. The smallest absolute Gasteiger partial charge is 0.252 e. The van der Waals surface area contributed by atoms with E-state index in [1.54, 1.807) is 0 Å². The Balaban J connectivity index is 2.15. The summed E-state index contributed by atoms with van der Waals surface area (Å²) in [6.45, 7) is 15.7. The topological polar surface area (TPSA) is 73.6 Å². The maximum Gasteiger partial charge on any atom is 0.252 e. The third kappa shape index (κ3) is 9.28. The van der Waals surface area contributed by atoms with Crippen molar-refractivity contribution in [2.24, 2.45) is 5.73 Å². The standard InChI is InChI=1S/C25H40N2O3Si2/c1-19(13-14-20-11-9-8-10-12-20)27-18-24(30-32(5,6)7)21-15-16-23(29-31(2,3)4)22(17-21)25(26)28/h8-12,15-17,19,24,27H,13-14,18H2,1-7H3,(H2,26,28). The maximum absolute atomic E-state index is 12.2. The molecule has 2 aromatic carbocycles. The second-order valence-electron chi connectivity index (χ2n) is 10.4. The van der Waals surface area contributed by atoms with Crippen LogP contribution in [0.3, 0.4) is 0 Å². The number of carbonyl (C=O) groups is 1. The molecule has 3 N–H and O–H groups in total. The summed E-state index contributed by atoms with van der Waals surface area (Å²) in [4.78, 5) is 12.2. The first kappa shape index (κ1) is 26.3. The molecular weight excluding hydrogens is 432 g/mol. The lowest BCUT2D eigenvalue weighted by Crippen LogP contribution is -2.36. The van der Waals surface area contributed by atoms with Gasteiger partial charge in [-0.15, -0.1) is 0 Å². The Morgan fingerprint density at radius 3 is 2.22 bits per heavy atom. The van der Waals surface area contributed by atoms with Gasteiger partial charge in [0.1, 0.15) is 5.75 Å². The molecule has 0 saturated heterocycles. The van der Waals surface area contributed by atoms with Gasteiger partial charge in [-0.25, -0.2) is 0 Å². The number of benzene rings is 2. The molecule has 0 heterocycles. The van der Waals surface area contributed by atoms with E-state index in [1.807, 2.05) is 24.3 Å². The van der Waals surface area contributed by atoms with Crippen LogP contribution in [0.2, 0.25) is 39.3 Å². The van der Waals surface area contributed by atoms with Crippen molar-refractivity contribution in [3.05, 3.63) is 65.2 Å². The highest BCUT2D eigenvalue weighted by Gasteiger charge is 2.26. The van der Waals surface area contributed by atoms with E-state index in [1.165, 1.54) is 5.56 Å². The molecule has 0 aromatic heterocycles. The largest absolute Gasteiger partial charge is 0.544 e. The molecule has 2 unspecified atom stereocenters. The molecule has 0 fully saturated rings. The molecular formula is C25H40N2O3Si2. The number of carbonyl (C=O) groups excluding carboxylic acids is 1. The minimum Gasteiger partial charge on any atom is -0.544 e. The summed E-state index contributed by atoms with van der Waals surface area (Å²) in [5, 5.41) is 3.63. The molecule has 7 heteroatoms. The highest BCUT2D eigenvalue weighted by atomic mass is 28.4. The summed E-state index contributed by atoms with van der Waals surface area (Å²) in [7, 11) is -3.69. The third-order valence-electron chi connectivity index (χ3n) is 4.91. The van der Waals surface area contributed by atoms with Crippen LogP contribution in [0.4, 0.5) is 0 Å². The van der Waals surface area contributed by atoms with E-state index in [4.69, 9.17) is 14.6 Å². The van der Waals surface area contributed by atoms with Crippen molar-refractivity contribution in [3.8, 4) is 5.75 Å². The summed E-state index contributed by atoms with van der Waals surface area (Å²) < 4.78 is 12.6. The Labute approximate surface area is 196 Å². The Kier molecular flexibility index (Phi) is 9.27. The molecule has 2 rings (SSSR count). The van der Waals surface area contributed by atoms with Crippen molar-refractivity contribution < 1.29 is 13.6 Å². The number of rotatable bonds is 12. The first-order valence-corrected chi connectivity index (χ1v) is 18.2. The van der Waals surface area contributed by atoms with Crippen LogP contribution in [0.15, 0.2) is 48.5 Å². The van der Waals surface area contributed by atoms with Crippen LogP contribution >= 0.6 is 0 Å². The van der Waals surface area contributed by atoms with Gasteiger partial charge in [-0.05, 0) is 82.3 Å². The summed E-state index contributed by atoms with van der Waals surface area (Å²) in [5.41, 5.74) is 8.42. The predicted molar refractivity (Wildman–Crippen MR) is 138 cm³/mol. The second kappa shape index (κ2) is 11.3. The molecule has 0 bridgehead atoms. The van der Waals surface area contributed by atoms with E-state index in [9.17, 15) is 4.79 Å². The molecule has 0 spiro atoms. The van der Waals surface area contributed by atoms with Crippen molar-refractivity contribution in [1.29, 1.82) is 0 Å². The Bertz CT molecular complexity index is 877. The zero-order chi connectivity index (χ0) is 23.9. The van der Waals surface area contributed by atoms with E-state index in [-0.39, 0.29) is 6.10 Å². The minimum absolute atomic E-state index is 0.153. The highest BCUT2D eigenvalue weighted by molar-refractivity contribution is 6.70. The van der Waals surface area contributed by atoms with Crippen LogP contribution in [-0.2, 0) is 10.8 Å². The number of nitrogens with one attached hydrogen (secondary N) is 1. The molecule has 0 saturated carbocycles. The molecule has 0 radical (unpaired) electrons. The molecule has 32 heavy (non-hydrogen) atoms. The van der Waals surface area contributed by atoms with E-state index in [0.29, 0.717) is 23.9 Å². The van der Waals surface area contributed by atoms with Crippen LogP contribution in [-0.4, -0.2) is 35.1 Å². The zero-order valence-electron chi connectivity index (χ0n) is 20.7. The summed E-state index contributed by atoms with van der Waals surface area (Å²) in [5.74, 6) is 0.0902. The fraction of sp³-hybridized carbons (Fsp3) is 0.480. The number of hydrogen-bond donors (Lipinski definition) is 2. The van der Waals surface area contributed by atoms with Crippen molar-refractivity contribution >= 4 is 22.5 Å².